The Bertz CT molecular complexity index is 720. The predicted molar refractivity (Wildman–Crippen MR) is 94.2 cm³/mol. The molecule has 1 saturated carbocycles. The van der Waals surface area contributed by atoms with Crippen LogP contribution in [0.1, 0.15) is 59.2 Å². The lowest BCUT2D eigenvalue weighted by molar-refractivity contribution is -0.129. The van der Waals surface area contributed by atoms with E-state index in [0.717, 1.165) is 30.6 Å². The highest BCUT2D eigenvalue weighted by Gasteiger charge is 2.29. The monoisotopic (exact) mass is 357 g/mol. The fourth-order valence-corrected chi connectivity index (χ4v) is 3.36. The Morgan fingerprint density at radius 2 is 1.85 bits per heavy atom. The van der Waals surface area contributed by atoms with E-state index in [9.17, 15) is 19.5 Å². The van der Waals surface area contributed by atoms with Crippen LogP contribution in [0.2, 0.25) is 0 Å². The minimum atomic E-state index is -1.21. The molecule has 26 heavy (non-hydrogen) atoms. The van der Waals surface area contributed by atoms with Gasteiger partial charge in [0.1, 0.15) is 6.04 Å². The number of nitriles is 1. The molecule has 1 aromatic carbocycles. The summed E-state index contributed by atoms with van der Waals surface area (Å²) in [4.78, 5) is 37.3. The first-order chi connectivity index (χ1) is 12.4. The normalized spacial score (nSPS) is 15.5. The standard InChI is InChI=1S/C19H23N3O4/c1-22(12-20)18(24)16(11-13-7-3-2-4-8-13)21-17(23)14-9-5-6-10-15(14)19(25)26/h5-6,9-10,13,16H,2-4,7-8,11H2,1H3,(H,21,23)(H,25,26). The van der Waals surface area contributed by atoms with Crippen molar-refractivity contribution < 1.29 is 19.5 Å². The molecule has 2 amide bonds. The number of nitrogens with zero attached hydrogens (tertiary/aromatic N) is 2. The number of nitrogens with one attached hydrogen (secondary N) is 1. The largest absolute Gasteiger partial charge is 0.478 e. The molecule has 7 nitrogen and oxygen atoms in total. The lowest BCUT2D eigenvalue weighted by Crippen LogP contribution is -2.47. The maximum absolute atomic E-state index is 12.6. The summed E-state index contributed by atoms with van der Waals surface area (Å²) in [6, 6.07) is 5.01. The molecule has 0 aromatic heterocycles. The molecule has 0 spiro atoms. The quantitative estimate of drug-likeness (QED) is 0.600. The number of hydrogen-bond donors (Lipinski definition) is 2. The van der Waals surface area contributed by atoms with Crippen molar-refractivity contribution in [1.29, 1.82) is 5.26 Å². The fraction of sp³-hybridized carbons (Fsp3) is 0.474. The van der Waals surface area contributed by atoms with Crippen LogP contribution in [0.15, 0.2) is 24.3 Å². The zero-order chi connectivity index (χ0) is 19.1. The first-order valence-corrected chi connectivity index (χ1v) is 8.74. The summed E-state index contributed by atoms with van der Waals surface area (Å²) in [7, 11) is 1.35. The molecule has 0 heterocycles. The van der Waals surface area contributed by atoms with Crippen LogP contribution in [0, 0.1) is 17.4 Å². The van der Waals surface area contributed by atoms with Crippen LogP contribution in [0.25, 0.3) is 0 Å². The van der Waals surface area contributed by atoms with E-state index in [4.69, 9.17) is 5.26 Å². The number of aromatic carboxylic acids is 1. The van der Waals surface area contributed by atoms with E-state index in [2.05, 4.69) is 5.32 Å². The third-order valence-electron chi connectivity index (χ3n) is 4.78. The molecule has 7 heteroatoms. The molecule has 1 unspecified atom stereocenters. The van der Waals surface area contributed by atoms with Crippen molar-refractivity contribution in [3.8, 4) is 6.19 Å². The van der Waals surface area contributed by atoms with E-state index in [1.165, 1.54) is 31.7 Å². The summed E-state index contributed by atoms with van der Waals surface area (Å²) in [6.45, 7) is 0. The number of carboxylic acids is 1. The summed E-state index contributed by atoms with van der Waals surface area (Å²) >= 11 is 0. The molecule has 2 N–H and O–H groups in total. The third kappa shape index (κ3) is 4.82. The maximum Gasteiger partial charge on any atom is 0.336 e. The van der Waals surface area contributed by atoms with Gasteiger partial charge in [-0.15, -0.1) is 0 Å². The van der Waals surface area contributed by atoms with Gasteiger partial charge in [-0.25, -0.2) is 4.79 Å². The van der Waals surface area contributed by atoms with Gasteiger partial charge in [0.2, 0.25) is 0 Å². The van der Waals surface area contributed by atoms with Crippen molar-refractivity contribution in [3.63, 3.8) is 0 Å². The predicted octanol–water partition coefficient (Wildman–Crippen LogP) is 2.39. The van der Waals surface area contributed by atoms with Crippen LogP contribution in [-0.4, -0.2) is 40.9 Å². The number of rotatable bonds is 6. The number of hydrogen-bond acceptors (Lipinski definition) is 4. The zero-order valence-electron chi connectivity index (χ0n) is 14.8. The average Bonchev–Trinajstić information content (AvgIpc) is 2.66. The van der Waals surface area contributed by atoms with E-state index in [-0.39, 0.29) is 11.1 Å². The van der Waals surface area contributed by atoms with Gasteiger partial charge < -0.3 is 10.4 Å². The van der Waals surface area contributed by atoms with Gasteiger partial charge in [-0.1, -0.05) is 44.2 Å². The first-order valence-electron chi connectivity index (χ1n) is 8.74. The Balaban J connectivity index is 2.20. The second kappa shape index (κ2) is 8.99. The molecule has 1 aliphatic rings. The van der Waals surface area contributed by atoms with Crippen LogP contribution in [0.5, 0.6) is 0 Å². The fourth-order valence-electron chi connectivity index (χ4n) is 3.36. The smallest absolute Gasteiger partial charge is 0.336 e. The Labute approximate surface area is 152 Å². The highest BCUT2D eigenvalue weighted by molar-refractivity contribution is 6.06. The molecule has 1 aromatic rings. The van der Waals surface area contributed by atoms with Crippen LogP contribution >= 0.6 is 0 Å². The molecule has 1 fully saturated rings. The van der Waals surface area contributed by atoms with E-state index < -0.39 is 23.8 Å². The summed E-state index contributed by atoms with van der Waals surface area (Å²) in [5.74, 6) is -2.01. The average molecular weight is 357 g/mol. The SMILES string of the molecule is CN(C#N)C(=O)C(CC1CCCCC1)NC(=O)c1ccccc1C(=O)O. The van der Waals surface area contributed by atoms with Crippen LogP contribution < -0.4 is 5.32 Å². The molecular formula is C19H23N3O4. The Morgan fingerprint density at radius 3 is 2.42 bits per heavy atom. The first kappa shape index (κ1) is 19.4. The molecular weight excluding hydrogens is 334 g/mol. The van der Waals surface area contributed by atoms with Gasteiger partial charge in [-0.05, 0) is 24.5 Å². The highest BCUT2D eigenvalue weighted by Crippen LogP contribution is 2.27. The lowest BCUT2D eigenvalue weighted by Gasteiger charge is -2.27. The minimum absolute atomic E-state index is 0.000977. The van der Waals surface area contributed by atoms with Gasteiger partial charge in [-0.2, -0.15) is 5.26 Å². The molecule has 1 atom stereocenters. The molecule has 1 aliphatic carbocycles. The Kier molecular flexibility index (Phi) is 6.73. The second-order valence-electron chi connectivity index (χ2n) is 6.61. The molecule has 2 rings (SSSR count). The van der Waals surface area contributed by atoms with Gasteiger partial charge in [0.25, 0.3) is 11.8 Å². The Hall–Kier alpha value is -2.88. The van der Waals surface area contributed by atoms with Gasteiger partial charge in [0.15, 0.2) is 6.19 Å². The van der Waals surface area contributed by atoms with Crippen molar-refractivity contribution in [2.24, 2.45) is 5.92 Å². The third-order valence-corrected chi connectivity index (χ3v) is 4.78. The zero-order valence-corrected chi connectivity index (χ0v) is 14.8. The van der Waals surface area contributed by atoms with Crippen molar-refractivity contribution in [2.45, 2.75) is 44.6 Å². The van der Waals surface area contributed by atoms with E-state index in [1.54, 1.807) is 12.3 Å². The molecule has 0 radical (unpaired) electrons. The number of amides is 2. The van der Waals surface area contributed by atoms with Gasteiger partial charge >= 0.3 is 5.97 Å². The number of likely N-dealkylation sites (N-methyl/N-ethyl adjacent to an activating group) is 1. The minimum Gasteiger partial charge on any atom is -0.478 e. The van der Waals surface area contributed by atoms with E-state index in [1.807, 2.05) is 0 Å². The molecule has 0 saturated heterocycles. The number of benzene rings is 1. The second-order valence-corrected chi connectivity index (χ2v) is 6.61. The van der Waals surface area contributed by atoms with Crippen LogP contribution in [-0.2, 0) is 4.79 Å². The van der Waals surface area contributed by atoms with Crippen molar-refractivity contribution >= 4 is 17.8 Å². The molecule has 138 valence electrons. The van der Waals surface area contributed by atoms with Gasteiger partial charge in [0, 0.05) is 7.05 Å². The van der Waals surface area contributed by atoms with Crippen LogP contribution in [0.4, 0.5) is 0 Å². The highest BCUT2D eigenvalue weighted by atomic mass is 16.4. The van der Waals surface area contributed by atoms with E-state index in [0.29, 0.717) is 12.3 Å². The van der Waals surface area contributed by atoms with Crippen molar-refractivity contribution in [3.05, 3.63) is 35.4 Å². The summed E-state index contributed by atoms with van der Waals surface area (Å²) in [5.41, 5.74) is -0.122. The summed E-state index contributed by atoms with van der Waals surface area (Å²) in [6.07, 6.45) is 7.55. The summed E-state index contributed by atoms with van der Waals surface area (Å²) < 4.78 is 0. The Morgan fingerprint density at radius 1 is 1.23 bits per heavy atom. The van der Waals surface area contributed by atoms with Crippen LogP contribution in [0.3, 0.4) is 0 Å². The van der Waals surface area contributed by atoms with Crippen molar-refractivity contribution in [2.75, 3.05) is 7.05 Å². The van der Waals surface area contributed by atoms with E-state index >= 15 is 0 Å². The summed E-state index contributed by atoms with van der Waals surface area (Å²) in [5, 5.41) is 20.9. The molecule has 0 aliphatic heterocycles. The number of carboxylic acid groups (broad SMARTS) is 1. The maximum atomic E-state index is 12.6. The lowest BCUT2D eigenvalue weighted by atomic mass is 9.84. The topological polar surface area (TPSA) is 111 Å². The van der Waals surface area contributed by atoms with Gasteiger partial charge in [0.05, 0.1) is 11.1 Å². The number of carbonyl (C=O) groups is 3. The van der Waals surface area contributed by atoms with Crippen molar-refractivity contribution in [1.82, 2.24) is 10.2 Å². The van der Waals surface area contributed by atoms with Gasteiger partial charge in [-0.3, -0.25) is 14.5 Å². The molecule has 0 bridgehead atoms. The number of carbonyl (C=O) groups excluding carboxylic acids is 2.